The number of nitrogens with zero attached hydrogens (tertiary/aromatic N) is 3. The van der Waals surface area contributed by atoms with Gasteiger partial charge in [-0.05, 0) is 37.8 Å². The smallest absolute Gasteiger partial charge is 0.138 e. The SMILES string of the molecule is CSc1ccc(C(O)Cc2ncnn2C(C)C)cc1. The molecule has 0 bridgehead atoms. The molecular weight excluding hydrogens is 258 g/mol. The number of aliphatic hydroxyl groups excluding tert-OH is 1. The zero-order chi connectivity index (χ0) is 13.8. The minimum Gasteiger partial charge on any atom is -0.388 e. The van der Waals surface area contributed by atoms with Crippen LogP contribution >= 0.6 is 11.8 Å². The van der Waals surface area contributed by atoms with Crippen LogP contribution in [0.3, 0.4) is 0 Å². The molecular formula is C14H19N3OS. The number of thioether (sulfide) groups is 1. The molecule has 1 atom stereocenters. The lowest BCUT2D eigenvalue weighted by molar-refractivity contribution is 0.173. The summed E-state index contributed by atoms with van der Waals surface area (Å²) < 4.78 is 1.85. The quantitative estimate of drug-likeness (QED) is 0.854. The van der Waals surface area contributed by atoms with Gasteiger partial charge >= 0.3 is 0 Å². The van der Waals surface area contributed by atoms with Gasteiger partial charge in [-0.3, -0.25) is 0 Å². The van der Waals surface area contributed by atoms with Crippen LogP contribution in [0.25, 0.3) is 0 Å². The summed E-state index contributed by atoms with van der Waals surface area (Å²) in [5.41, 5.74) is 0.913. The molecule has 2 aromatic rings. The Morgan fingerprint density at radius 1 is 1.26 bits per heavy atom. The average molecular weight is 277 g/mol. The Morgan fingerprint density at radius 2 is 1.95 bits per heavy atom. The van der Waals surface area contributed by atoms with E-state index in [0.29, 0.717) is 6.42 Å². The Bertz CT molecular complexity index is 522. The van der Waals surface area contributed by atoms with Crippen molar-refractivity contribution in [3.05, 3.63) is 42.0 Å². The van der Waals surface area contributed by atoms with Crippen molar-refractivity contribution in [2.45, 2.75) is 37.3 Å². The molecule has 0 saturated carbocycles. The van der Waals surface area contributed by atoms with E-state index in [2.05, 4.69) is 23.9 Å². The van der Waals surface area contributed by atoms with Crippen molar-refractivity contribution in [2.24, 2.45) is 0 Å². The number of aliphatic hydroxyl groups is 1. The lowest BCUT2D eigenvalue weighted by Crippen LogP contribution is -2.12. The van der Waals surface area contributed by atoms with Gasteiger partial charge in [0.1, 0.15) is 12.2 Å². The zero-order valence-electron chi connectivity index (χ0n) is 11.4. The number of benzene rings is 1. The van der Waals surface area contributed by atoms with Crippen molar-refractivity contribution in [2.75, 3.05) is 6.26 Å². The number of rotatable bonds is 5. The molecule has 5 heteroatoms. The second-order valence-corrected chi connectivity index (χ2v) is 5.59. The number of hydrogen-bond acceptors (Lipinski definition) is 4. The van der Waals surface area contributed by atoms with Gasteiger partial charge in [0.2, 0.25) is 0 Å². The molecule has 1 heterocycles. The molecule has 0 aliphatic carbocycles. The summed E-state index contributed by atoms with van der Waals surface area (Å²) in [6, 6.07) is 8.23. The standard InChI is InChI=1S/C14H19N3OS/c1-10(2)17-14(15-9-16-17)8-13(18)11-4-6-12(19-3)7-5-11/h4-7,9-10,13,18H,8H2,1-3H3. The first-order valence-corrected chi connectivity index (χ1v) is 7.54. The van der Waals surface area contributed by atoms with Crippen molar-refractivity contribution >= 4 is 11.8 Å². The first kappa shape index (κ1) is 14.1. The van der Waals surface area contributed by atoms with E-state index in [1.54, 1.807) is 18.1 Å². The van der Waals surface area contributed by atoms with Gasteiger partial charge in [0, 0.05) is 17.4 Å². The summed E-state index contributed by atoms with van der Waals surface area (Å²) in [6.07, 6.45) is 3.52. The van der Waals surface area contributed by atoms with Crippen molar-refractivity contribution in [3.8, 4) is 0 Å². The van der Waals surface area contributed by atoms with E-state index in [0.717, 1.165) is 11.4 Å². The Balaban J connectivity index is 2.11. The highest BCUT2D eigenvalue weighted by atomic mass is 32.2. The normalized spacial score (nSPS) is 12.9. The van der Waals surface area contributed by atoms with Crippen LogP contribution in [0, 0.1) is 0 Å². The molecule has 0 saturated heterocycles. The topological polar surface area (TPSA) is 50.9 Å². The van der Waals surface area contributed by atoms with Gasteiger partial charge in [-0.2, -0.15) is 5.10 Å². The van der Waals surface area contributed by atoms with Crippen molar-refractivity contribution in [1.29, 1.82) is 0 Å². The molecule has 0 aliphatic heterocycles. The maximum absolute atomic E-state index is 10.3. The van der Waals surface area contributed by atoms with Gasteiger partial charge in [0.05, 0.1) is 6.10 Å². The van der Waals surface area contributed by atoms with Gasteiger partial charge in [-0.1, -0.05) is 12.1 Å². The summed E-state index contributed by atoms with van der Waals surface area (Å²) in [5.74, 6) is 0.816. The minimum atomic E-state index is -0.544. The Morgan fingerprint density at radius 3 is 2.53 bits per heavy atom. The first-order valence-electron chi connectivity index (χ1n) is 6.32. The van der Waals surface area contributed by atoms with E-state index in [-0.39, 0.29) is 6.04 Å². The predicted molar refractivity (Wildman–Crippen MR) is 77.3 cm³/mol. The molecule has 0 fully saturated rings. The van der Waals surface area contributed by atoms with Crippen LogP contribution in [-0.2, 0) is 6.42 Å². The Hall–Kier alpha value is -1.33. The molecule has 2 rings (SSSR count). The van der Waals surface area contributed by atoms with Crippen LogP contribution in [0.1, 0.15) is 37.4 Å². The highest BCUT2D eigenvalue weighted by Gasteiger charge is 2.14. The van der Waals surface area contributed by atoms with Crippen LogP contribution in [0.4, 0.5) is 0 Å². The molecule has 0 amide bonds. The maximum Gasteiger partial charge on any atom is 0.138 e. The van der Waals surface area contributed by atoms with E-state index >= 15 is 0 Å². The fourth-order valence-electron chi connectivity index (χ4n) is 1.97. The molecule has 1 aromatic heterocycles. The van der Waals surface area contributed by atoms with E-state index in [4.69, 9.17) is 0 Å². The Labute approximate surface area is 117 Å². The third-order valence-corrected chi connectivity index (χ3v) is 3.76. The summed E-state index contributed by atoms with van der Waals surface area (Å²) in [5, 5.41) is 14.5. The minimum absolute atomic E-state index is 0.253. The molecule has 0 spiro atoms. The lowest BCUT2D eigenvalue weighted by Gasteiger charge is -2.13. The molecule has 19 heavy (non-hydrogen) atoms. The van der Waals surface area contributed by atoms with E-state index < -0.39 is 6.10 Å². The zero-order valence-corrected chi connectivity index (χ0v) is 12.3. The van der Waals surface area contributed by atoms with Crippen LogP contribution in [-0.4, -0.2) is 26.1 Å². The fourth-order valence-corrected chi connectivity index (χ4v) is 2.38. The van der Waals surface area contributed by atoms with Gasteiger partial charge < -0.3 is 5.11 Å². The summed E-state index contributed by atoms with van der Waals surface area (Å²) in [6.45, 7) is 4.11. The second kappa shape index (κ2) is 6.21. The van der Waals surface area contributed by atoms with Gasteiger partial charge in [-0.25, -0.2) is 9.67 Å². The molecule has 0 radical (unpaired) electrons. The predicted octanol–water partition coefficient (Wildman–Crippen LogP) is 2.86. The molecule has 0 aliphatic rings. The molecule has 4 nitrogen and oxygen atoms in total. The summed E-state index contributed by atoms with van der Waals surface area (Å²) >= 11 is 1.69. The highest BCUT2D eigenvalue weighted by molar-refractivity contribution is 7.98. The first-order chi connectivity index (χ1) is 9.11. The van der Waals surface area contributed by atoms with Gasteiger partial charge in [0.15, 0.2) is 0 Å². The second-order valence-electron chi connectivity index (χ2n) is 4.71. The average Bonchev–Trinajstić information content (AvgIpc) is 2.87. The third kappa shape index (κ3) is 3.36. The summed E-state index contributed by atoms with van der Waals surface area (Å²) in [7, 11) is 0. The van der Waals surface area contributed by atoms with E-state index in [1.165, 1.54) is 4.90 Å². The van der Waals surface area contributed by atoms with Crippen molar-refractivity contribution in [3.63, 3.8) is 0 Å². The lowest BCUT2D eigenvalue weighted by atomic mass is 10.1. The van der Waals surface area contributed by atoms with Crippen molar-refractivity contribution in [1.82, 2.24) is 14.8 Å². The van der Waals surface area contributed by atoms with Gasteiger partial charge in [0.25, 0.3) is 0 Å². The molecule has 1 unspecified atom stereocenters. The van der Waals surface area contributed by atoms with Gasteiger partial charge in [-0.15, -0.1) is 11.8 Å². The fraction of sp³-hybridized carbons (Fsp3) is 0.429. The molecule has 1 N–H and O–H groups in total. The molecule has 102 valence electrons. The van der Waals surface area contributed by atoms with Crippen LogP contribution in [0.15, 0.2) is 35.5 Å². The van der Waals surface area contributed by atoms with Crippen LogP contribution in [0.5, 0.6) is 0 Å². The molecule has 1 aromatic carbocycles. The number of hydrogen-bond donors (Lipinski definition) is 1. The largest absolute Gasteiger partial charge is 0.388 e. The van der Waals surface area contributed by atoms with E-state index in [9.17, 15) is 5.11 Å². The Kier molecular flexibility index (Phi) is 4.61. The summed E-state index contributed by atoms with van der Waals surface area (Å²) in [4.78, 5) is 5.42. The highest BCUT2D eigenvalue weighted by Crippen LogP contribution is 2.21. The number of aromatic nitrogens is 3. The van der Waals surface area contributed by atoms with Crippen molar-refractivity contribution < 1.29 is 5.11 Å². The maximum atomic E-state index is 10.3. The van der Waals surface area contributed by atoms with Crippen LogP contribution < -0.4 is 0 Å². The monoisotopic (exact) mass is 277 g/mol. The third-order valence-electron chi connectivity index (χ3n) is 3.01. The van der Waals surface area contributed by atoms with Crippen LogP contribution in [0.2, 0.25) is 0 Å². The van der Waals surface area contributed by atoms with E-state index in [1.807, 2.05) is 35.2 Å².